The van der Waals surface area contributed by atoms with Crippen molar-refractivity contribution in [2.75, 3.05) is 0 Å². The molecule has 1 saturated carbocycles. The number of aryl methyl sites for hydroxylation is 1. The molecule has 0 aromatic heterocycles. The van der Waals surface area contributed by atoms with Crippen molar-refractivity contribution in [3.05, 3.63) is 70.2 Å². The van der Waals surface area contributed by atoms with E-state index >= 15 is 0 Å². The molecular weight excluding hydrogens is 432 g/mol. The summed E-state index contributed by atoms with van der Waals surface area (Å²) in [7, 11) is 0. The molecule has 1 N–H and O–H groups in total. The van der Waals surface area contributed by atoms with Crippen molar-refractivity contribution in [3.8, 4) is 0 Å². The zero-order valence-corrected chi connectivity index (χ0v) is 20.9. The Hall–Kier alpha value is -2.33. The van der Waals surface area contributed by atoms with E-state index in [4.69, 9.17) is 11.6 Å². The van der Waals surface area contributed by atoms with Gasteiger partial charge in [0.15, 0.2) is 0 Å². The number of carbonyl (C=O) groups excluding carboxylic acids is 2. The van der Waals surface area contributed by atoms with Crippen molar-refractivity contribution >= 4 is 23.4 Å². The number of rotatable bonds is 9. The lowest BCUT2D eigenvalue weighted by Gasteiger charge is -2.31. The highest BCUT2D eigenvalue weighted by atomic mass is 35.5. The number of nitrogens with zero attached hydrogens (tertiary/aromatic N) is 1. The molecule has 1 aliphatic carbocycles. The van der Waals surface area contributed by atoms with Crippen molar-refractivity contribution in [1.29, 1.82) is 0 Å². The maximum Gasteiger partial charge on any atom is 0.242 e. The van der Waals surface area contributed by atoms with E-state index in [0.29, 0.717) is 30.3 Å². The third-order valence-corrected chi connectivity index (χ3v) is 7.06. The first-order valence-electron chi connectivity index (χ1n) is 12.3. The molecule has 178 valence electrons. The SMILES string of the molecule is CC(C)c1ccc(CCC(=O)N(Cc2ccccc2Cl)C(C)C(=O)NC2CCCCC2)cc1. The predicted octanol–water partition coefficient (Wildman–Crippen LogP) is 6.26. The van der Waals surface area contributed by atoms with Crippen molar-refractivity contribution in [1.82, 2.24) is 10.2 Å². The fourth-order valence-electron chi connectivity index (χ4n) is 4.43. The van der Waals surface area contributed by atoms with E-state index in [1.54, 1.807) is 4.90 Å². The van der Waals surface area contributed by atoms with Gasteiger partial charge in [-0.05, 0) is 54.9 Å². The van der Waals surface area contributed by atoms with Gasteiger partial charge in [-0.2, -0.15) is 0 Å². The molecule has 33 heavy (non-hydrogen) atoms. The fourth-order valence-corrected chi connectivity index (χ4v) is 4.62. The van der Waals surface area contributed by atoms with Gasteiger partial charge in [0.05, 0.1) is 0 Å². The van der Waals surface area contributed by atoms with E-state index in [9.17, 15) is 9.59 Å². The van der Waals surface area contributed by atoms with Crippen LogP contribution in [0.4, 0.5) is 0 Å². The van der Waals surface area contributed by atoms with Gasteiger partial charge < -0.3 is 10.2 Å². The molecule has 0 radical (unpaired) electrons. The van der Waals surface area contributed by atoms with Crippen molar-refractivity contribution < 1.29 is 9.59 Å². The highest BCUT2D eigenvalue weighted by Gasteiger charge is 2.28. The van der Waals surface area contributed by atoms with Crippen LogP contribution in [0.2, 0.25) is 5.02 Å². The highest BCUT2D eigenvalue weighted by Crippen LogP contribution is 2.22. The van der Waals surface area contributed by atoms with Gasteiger partial charge in [-0.1, -0.05) is 87.2 Å². The molecule has 0 spiro atoms. The number of hydrogen-bond donors (Lipinski definition) is 1. The molecule has 2 aromatic rings. The summed E-state index contributed by atoms with van der Waals surface area (Å²) in [4.78, 5) is 28.1. The van der Waals surface area contributed by atoms with Gasteiger partial charge >= 0.3 is 0 Å². The second kappa shape index (κ2) is 12.2. The molecular formula is C28H37ClN2O2. The Labute approximate surface area is 203 Å². The smallest absolute Gasteiger partial charge is 0.242 e. The van der Waals surface area contributed by atoms with Crippen LogP contribution in [0.5, 0.6) is 0 Å². The Morgan fingerprint density at radius 1 is 1.00 bits per heavy atom. The molecule has 0 aliphatic heterocycles. The van der Waals surface area contributed by atoms with Gasteiger partial charge in [-0.3, -0.25) is 9.59 Å². The van der Waals surface area contributed by atoms with E-state index < -0.39 is 6.04 Å². The van der Waals surface area contributed by atoms with E-state index in [1.807, 2.05) is 31.2 Å². The Morgan fingerprint density at radius 2 is 1.67 bits per heavy atom. The monoisotopic (exact) mass is 468 g/mol. The normalized spacial score (nSPS) is 15.3. The van der Waals surface area contributed by atoms with Crippen molar-refractivity contribution in [2.45, 2.75) is 90.3 Å². The topological polar surface area (TPSA) is 49.4 Å². The minimum atomic E-state index is -0.556. The molecule has 5 heteroatoms. The third kappa shape index (κ3) is 7.33. The molecule has 1 unspecified atom stereocenters. The molecule has 0 bridgehead atoms. The molecule has 2 aromatic carbocycles. The molecule has 2 amide bonds. The lowest BCUT2D eigenvalue weighted by atomic mass is 9.95. The number of halogens is 1. The lowest BCUT2D eigenvalue weighted by molar-refractivity contribution is -0.141. The third-order valence-electron chi connectivity index (χ3n) is 6.69. The standard InChI is InChI=1S/C28H37ClN2O2/c1-20(2)23-16-13-22(14-17-23)15-18-27(32)31(19-24-9-7-8-12-26(24)29)21(3)28(33)30-25-10-5-4-6-11-25/h7-9,12-14,16-17,20-21,25H,4-6,10-11,15,18-19H2,1-3H3,(H,30,33). The van der Waals surface area contributed by atoms with Crippen LogP contribution in [0.25, 0.3) is 0 Å². The molecule has 4 nitrogen and oxygen atoms in total. The van der Waals surface area contributed by atoms with Crippen LogP contribution in [-0.2, 0) is 22.6 Å². The van der Waals surface area contributed by atoms with Crippen LogP contribution < -0.4 is 5.32 Å². The summed E-state index contributed by atoms with van der Waals surface area (Å²) in [6.45, 7) is 6.49. The summed E-state index contributed by atoms with van der Waals surface area (Å²) in [5.74, 6) is 0.369. The minimum Gasteiger partial charge on any atom is -0.352 e. The van der Waals surface area contributed by atoms with Gasteiger partial charge in [0.2, 0.25) is 11.8 Å². The quantitative estimate of drug-likeness (QED) is 0.472. The largest absolute Gasteiger partial charge is 0.352 e. The Morgan fingerprint density at radius 3 is 2.30 bits per heavy atom. The Bertz CT molecular complexity index is 920. The average Bonchev–Trinajstić information content (AvgIpc) is 2.82. The summed E-state index contributed by atoms with van der Waals surface area (Å²) in [6, 6.07) is 15.6. The second-order valence-electron chi connectivity index (χ2n) is 9.53. The summed E-state index contributed by atoms with van der Waals surface area (Å²) < 4.78 is 0. The molecule has 1 fully saturated rings. The van der Waals surface area contributed by atoms with Crippen LogP contribution >= 0.6 is 11.6 Å². The Kier molecular flexibility index (Phi) is 9.37. The minimum absolute atomic E-state index is 0.0332. The van der Waals surface area contributed by atoms with Gasteiger partial charge in [0.25, 0.3) is 0 Å². The average molecular weight is 469 g/mol. The fraction of sp³-hybridized carbons (Fsp3) is 0.500. The molecule has 0 saturated heterocycles. The van der Waals surface area contributed by atoms with Crippen molar-refractivity contribution in [2.24, 2.45) is 0 Å². The van der Waals surface area contributed by atoms with E-state index in [-0.39, 0.29) is 17.9 Å². The molecule has 1 aliphatic rings. The number of carbonyl (C=O) groups is 2. The zero-order chi connectivity index (χ0) is 23.8. The zero-order valence-electron chi connectivity index (χ0n) is 20.1. The van der Waals surface area contributed by atoms with Crippen LogP contribution in [0.15, 0.2) is 48.5 Å². The second-order valence-corrected chi connectivity index (χ2v) is 9.94. The van der Waals surface area contributed by atoms with E-state index in [0.717, 1.165) is 36.8 Å². The summed E-state index contributed by atoms with van der Waals surface area (Å²) in [5, 5.41) is 3.79. The first kappa shape index (κ1) is 25.3. The predicted molar refractivity (Wildman–Crippen MR) is 135 cm³/mol. The maximum atomic E-state index is 13.3. The van der Waals surface area contributed by atoms with Gasteiger partial charge in [-0.15, -0.1) is 0 Å². The highest BCUT2D eigenvalue weighted by molar-refractivity contribution is 6.31. The summed E-state index contributed by atoms with van der Waals surface area (Å²) in [6.07, 6.45) is 6.57. The molecule has 1 atom stereocenters. The van der Waals surface area contributed by atoms with Crippen LogP contribution in [0, 0.1) is 0 Å². The summed E-state index contributed by atoms with van der Waals surface area (Å²) in [5.41, 5.74) is 3.27. The number of benzene rings is 2. The van der Waals surface area contributed by atoms with E-state index in [2.05, 4.69) is 43.4 Å². The number of hydrogen-bond acceptors (Lipinski definition) is 2. The van der Waals surface area contributed by atoms with Crippen LogP contribution in [0.1, 0.15) is 81.9 Å². The van der Waals surface area contributed by atoms with Gasteiger partial charge in [0.1, 0.15) is 6.04 Å². The van der Waals surface area contributed by atoms with Crippen LogP contribution in [0.3, 0.4) is 0 Å². The lowest BCUT2D eigenvalue weighted by Crippen LogP contribution is -2.50. The number of nitrogens with one attached hydrogen (secondary N) is 1. The first-order valence-corrected chi connectivity index (χ1v) is 12.6. The van der Waals surface area contributed by atoms with Crippen molar-refractivity contribution in [3.63, 3.8) is 0 Å². The molecule has 0 heterocycles. The van der Waals surface area contributed by atoms with Crippen LogP contribution in [-0.4, -0.2) is 28.8 Å². The first-order chi connectivity index (χ1) is 15.8. The maximum absolute atomic E-state index is 13.3. The van der Waals surface area contributed by atoms with Gasteiger partial charge in [-0.25, -0.2) is 0 Å². The summed E-state index contributed by atoms with van der Waals surface area (Å²) >= 11 is 6.39. The Balaban J connectivity index is 1.70. The molecule has 3 rings (SSSR count). The number of amides is 2. The van der Waals surface area contributed by atoms with Gasteiger partial charge in [0, 0.05) is 24.0 Å². The van der Waals surface area contributed by atoms with E-state index in [1.165, 1.54) is 12.0 Å².